The van der Waals surface area contributed by atoms with Crippen LogP contribution in [0.5, 0.6) is 0 Å². The Kier molecular flexibility index (Phi) is 5.24. The van der Waals surface area contributed by atoms with Crippen LogP contribution in [-0.4, -0.2) is 38.7 Å². The zero-order valence-corrected chi connectivity index (χ0v) is 15.6. The Labute approximate surface area is 155 Å². The largest absolute Gasteiger partial charge is 0.451 e. The van der Waals surface area contributed by atoms with Crippen LogP contribution in [0.4, 0.5) is 5.69 Å². The normalized spacial score (nSPS) is 17.8. The summed E-state index contributed by atoms with van der Waals surface area (Å²) in [5, 5.41) is 2.89. The van der Waals surface area contributed by atoms with Gasteiger partial charge in [0.2, 0.25) is 0 Å². The van der Waals surface area contributed by atoms with Gasteiger partial charge in [-0.1, -0.05) is 18.2 Å². The molecule has 3 rings (SSSR count). The van der Waals surface area contributed by atoms with E-state index in [9.17, 15) is 18.0 Å². The first-order chi connectivity index (χ1) is 12.4. The first kappa shape index (κ1) is 18.3. The molecule has 0 aliphatic carbocycles. The van der Waals surface area contributed by atoms with Crippen molar-refractivity contribution in [2.24, 2.45) is 0 Å². The molecule has 1 aliphatic rings. The molecule has 136 valence electrons. The van der Waals surface area contributed by atoms with Crippen molar-refractivity contribution in [3.8, 4) is 0 Å². The SMILES string of the molecule is Cc1ccsc1C(=O)OCC(=O)N(c1ccccc1)[C@H]1C=CS(=O)(=O)C1. The minimum absolute atomic E-state index is 0.189. The number of para-hydroxylation sites is 1. The Morgan fingerprint density at radius 3 is 2.54 bits per heavy atom. The molecule has 2 heterocycles. The maximum Gasteiger partial charge on any atom is 0.349 e. The van der Waals surface area contributed by atoms with Crippen LogP contribution in [-0.2, 0) is 19.4 Å². The lowest BCUT2D eigenvalue weighted by Crippen LogP contribution is -2.43. The highest BCUT2D eigenvalue weighted by atomic mass is 32.2. The molecule has 1 aromatic carbocycles. The molecule has 0 bridgehead atoms. The van der Waals surface area contributed by atoms with Gasteiger partial charge in [-0.2, -0.15) is 0 Å². The van der Waals surface area contributed by atoms with E-state index in [0.29, 0.717) is 10.6 Å². The van der Waals surface area contributed by atoms with Crippen LogP contribution < -0.4 is 4.90 Å². The molecule has 2 aromatic rings. The van der Waals surface area contributed by atoms with Gasteiger partial charge in [-0.3, -0.25) is 4.79 Å². The lowest BCUT2D eigenvalue weighted by molar-refractivity contribution is -0.121. The lowest BCUT2D eigenvalue weighted by Gasteiger charge is -2.27. The van der Waals surface area contributed by atoms with Crippen LogP contribution in [0.25, 0.3) is 0 Å². The van der Waals surface area contributed by atoms with Crippen molar-refractivity contribution in [2.45, 2.75) is 13.0 Å². The molecule has 1 aliphatic heterocycles. The third kappa shape index (κ3) is 4.03. The zero-order chi connectivity index (χ0) is 18.7. The quantitative estimate of drug-likeness (QED) is 0.732. The van der Waals surface area contributed by atoms with Crippen molar-refractivity contribution >= 4 is 38.7 Å². The van der Waals surface area contributed by atoms with Gasteiger partial charge >= 0.3 is 5.97 Å². The predicted molar refractivity (Wildman–Crippen MR) is 100.0 cm³/mol. The number of amides is 1. The van der Waals surface area contributed by atoms with Gasteiger partial charge in [0.05, 0.1) is 11.8 Å². The van der Waals surface area contributed by atoms with E-state index in [2.05, 4.69) is 0 Å². The van der Waals surface area contributed by atoms with Crippen LogP contribution in [0.1, 0.15) is 15.2 Å². The van der Waals surface area contributed by atoms with Gasteiger partial charge in [0.25, 0.3) is 5.91 Å². The summed E-state index contributed by atoms with van der Waals surface area (Å²) < 4.78 is 28.6. The summed E-state index contributed by atoms with van der Waals surface area (Å²) in [4.78, 5) is 26.7. The van der Waals surface area contributed by atoms with E-state index < -0.39 is 34.4 Å². The molecule has 0 spiro atoms. The smallest absolute Gasteiger partial charge is 0.349 e. The highest BCUT2D eigenvalue weighted by molar-refractivity contribution is 7.94. The average Bonchev–Trinajstić information content (AvgIpc) is 3.19. The number of benzene rings is 1. The van der Waals surface area contributed by atoms with Crippen LogP contribution in [0.15, 0.2) is 53.3 Å². The molecule has 1 amide bonds. The molecule has 6 nitrogen and oxygen atoms in total. The number of carbonyl (C=O) groups is 2. The fourth-order valence-electron chi connectivity index (χ4n) is 2.67. The van der Waals surface area contributed by atoms with E-state index in [-0.39, 0.29) is 5.75 Å². The second kappa shape index (κ2) is 7.43. The lowest BCUT2D eigenvalue weighted by atomic mass is 10.2. The summed E-state index contributed by atoms with van der Waals surface area (Å²) in [5.41, 5.74) is 1.34. The van der Waals surface area contributed by atoms with Gasteiger partial charge in [-0.05, 0) is 42.1 Å². The molecular weight excluding hydrogens is 374 g/mol. The molecular formula is C18H17NO5S2. The average molecular weight is 391 g/mol. The molecule has 0 N–H and O–H groups in total. The number of sulfone groups is 1. The van der Waals surface area contributed by atoms with Crippen molar-refractivity contribution in [1.82, 2.24) is 0 Å². The van der Waals surface area contributed by atoms with E-state index in [1.54, 1.807) is 48.7 Å². The van der Waals surface area contributed by atoms with Gasteiger partial charge in [-0.15, -0.1) is 11.3 Å². The van der Waals surface area contributed by atoms with Gasteiger partial charge in [0.15, 0.2) is 16.4 Å². The van der Waals surface area contributed by atoms with Crippen LogP contribution >= 0.6 is 11.3 Å². The third-order valence-corrected chi connectivity index (χ3v) is 6.29. The Hall–Kier alpha value is -2.45. The molecule has 0 saturated heterocycles. The van der Waals surface area contributed by atoms with Gasteiger partial charge in [-0.25, -0.2) is 13.2 Å². The molecule has 0 fully saturated rings. The number of esters is 1. The number of aryl methyl sites for hydroxylation is 1. The zero-order valence-electron chi connectivity index (χ0n) is 14.0. The minimum atomic E-state index is -3.33. The van der Waals surface area contributed by atoms with E-state index in [0.717, 1.165) is 11.0 Å². The van der Waals surface area contributed by atoms with E-state index in [1.165, 1.54) is 22.3 Å². The number of nitrogens with zero attached hydrogens (tertiary/aromatic N) is 1. The number of rotatable bonds is 5. The van der Waals surface area contributed by atoms with Gasteiger partial charge in [0.1, 0.15) is 4.88 Å². The highest BCUT2D eigenvalue weighted by Crippen LogP contribution is 2.23. The van der Waals surface area contributed by atoms with E-state index in [1.807, 2.05) is 0 Å². The van der Waals surface area contributed by atoms with Crippen LogP contribution in [0.3, 0.4) is 0 Å². The fourth-order valence-corrected chi connectivity index (χ4v) is 4.76. The molecule has 8 heteroatoms. The highest BCUT2D eigenvalue weighted by Gasteiger charge is 2.32. The van der Waals surface area contributed by atoms with Gasteiger partial charge in [0, 0.05) is 11.1 Å². The number of hydrogen-bond acceptors (Lipinski definition) is 6. The molecule has 26 heavy (non-hydrogen) atoms. The minimum Gasteiger partial charge on any atom is -0.451 e. The number of thiophene rings is 1. The topological polar surface area (TPSA) is 80.8 Å². The first-order valence-electron chi connectivity index (χ1n) is 7.87. The number of anilines is 1. The molecule has 0 radical (unpaired) electrons. The maximum absolute atomic E-state index is 12.7. The van der Waals surface area contributed by atoms with Crippen LogP contribution in [0, 0.1) is 6.92 Å². The van der Waals surface area contributed by atoms with E-state index >= 15 is 0 Å². The first-order valence-corrected chi connectivity index (χ1v) is 10.5. The number of carbonyl (C=O) groups excluding carboxylic acids is 2. The Balaban J connectivity index is 1.77. The van der Waals surface area contributed by atoms with Crippen molar-refractivity contribution in [1.29, 1.82) is 0 Å². The van der Waals surface area contributed by atoms with Crippen molar-refractivity contribution in [2.75, 3.05) is 17.3 Å². The van der Waals surface area contributed by atoms with Crippen molar-refractivity contribution < 1.29 is 22.7 Å². The summed E-state index contributed by atoms with van der Waals surface area (Å²) in [5.74, 6) is -1.23. The maximum atomic E-state index is 12.7. The summed E-state index contributed by atoms with van der Waals surface area (Å²) in [6.45, 7) is 1.33. The Morgan fingerprint density at radius 1 is 1.23 bits per heavy atom. The standard InChI is InChI=1S/C18H17NO5S2/c1-13-7-9-25-17(13)18(21)24-11-16(20)19(14-5-3-2-4-6-14)15-8-10-26(22,23)12-15/h2-10,15H,11-12H2,1H3/t15-/m0/s1. The fraction of sp³-hybridized carbons (Fsp3) is 0.222. The third-order valence-electron chi connectivity index (χ3n) is 3.92. The van der Waals surface area contributed by atoms with Crippen LogP contribution in [0.2, 0.25) is 0 Å². The number of hydrogen-bond donors (Lipinski definition) is 0. The van der Waals surface area contributed by atoms with E-state index in [4.69, 9.17) is 4.74 Å². The van der Waals surface area contributed by atoms with Gasteiger partial charge < -0.3 is 9.64 Å². The second-order valence-corrected chi connectivity index (χ2v) is 8.68. The summed E-state index contributed by atoms with van der Waals surface area (Å²) in [6.07, 6.45) is 1.48. The molecule has 0 saturated carbocycles. The Morgan fingerprint density at radius 2 is 1.96 bits per heavy atom. The number of ether oxygens (including phenoxy) is 1. The predicted octanol–water partition coefficient (Wildman–Crippen LogP) is 2.56. The molecule has 1 atom stereocenters. The van der Waals surface area contributed by atoms with Crippen molar-refractivity contribution in [3.63, 3.8) is 0 Å². The molecule has 1 aromatic heterocycles. The Bertz CT molecular complexity index is 947. The summed E-state index contributed by atoms with van der Waals surface area (Å²) >= 11 is 1.25. The second-order valence-electron chi connectivity index (χ2n) is 5.83. The summed E-state index contributed by atoms with van der Waals surface area (Å²) in [6, 6.07) is 9.90. The monoisotopic (exact) mass is 391 g/mol. The molecule has 0 unspecified atom stereocenters. The van der Waals surface area contributed by atoms with Crippen molar-refractivity contribution in [3.05, 3.63) is 63.7 Å². The summed E-state index contributed by atoms with van der Waals surface area (Å²) in [7, 11) is -3.33.